The molecule has 78 valence electrons. The highest BCUT2D eigenvalue weighted by atomic mass is 14.0. The van der Waals surface area contributed by atoms with E-state index in [1.807, 2.05) is 6.08 Å². The van der Waals surface area contributed by atoms with Crippen molar-refractivity contribution in [3.05, 3.63) is 24.3 Å². The fourth-order valence-electron chi connectivity index (χ4n) is 1.03. The zero-order chi connectivity index (χ0) is 11.0. The first-order valence-corrected chi connectivity index (χ1v) is 5.33. The molecule has 0 aromatic heterocycles. The van der Waals surface area contributed by atoms with Crippen molar-refractivity contribution in [2.75, 3.05) is 0 Å². The Morgan fingerprint density at radius 3 is 2.43 bits per heavy atom. The van der Waals surface area contributed by atoms with Crippen LogP contribution < -0.4 is 0 Å². The molecule has 0 aliphatic heterocycles. The topological polar surface area (TPSA) is 0 Å². The van der Waals surface area contributed by atoms with Crippen LogP contribution >= 0.6 is 0 Å². The van der Waals surface area contributed by atoms with E-state index >= 15 is 0 Å². The highest BCUT2D eigenvalue weighted by Gasteiger charge is 1.95. The third-order valence-corrected chi connectivity index (χ3v) is 2.06. The SMILES string of the molecule is C=CC(C)C#CC(C)CCC=C(C)C. The highest BCUT2D eigenvalue weighted by molar-refractivity contribution is 5.10. The van der Waals surface area contributed by atoms with E-state index in [1.165, 1.54) is 5.57 Å². The molecule has 2 unspecified atom stereocenters. The molecule has 0 bridgehead atoms. The Balaban J connectivity index is 3.84. The second kappa shape index (κ2) is 7.44. The number of rotatable bonds is 4. The van der Waals surface area contributed by atoms with Crippen molar-refractivity contribution < 1.29 is 0 Å². The Kier molecular flexibility index (Phi) is 6.93. The van der Waals surface area contributed by atoms with Crippen molar-refractivity contribution in [3.8, 4) is 11.8 Å². The lowest BCUT2D eigenvalue weighted by atomic mass is 10.0. The van der Waals surface area contributed by atoms with Gasteiger partial charge in [0.1, 0.15) is 0 Å². The van der Waals surface area contributed by atoms with Crippen LogP contribution in [-0.4, -0.2) is 0 Å². The Morgan fingerprint density at radius 1 is 1.29 bits per heavy atom. The smallest absolute Gasteiger partial charge is 0.0351 e. The van der Waals surface area contributed by atoms with E-state index < -0.39 is 0 Å². The summed E-state index contributed by atoms with van der Waals surface area (Å²) in [6.45, 7) is 12.2. The first kappa shape index (κ1) is 13.0. The van der Waals surface area contributed by atoms with Gasteiger partial charge in [-0.3, -0.25) is 0 Å². The molecular weight excluding hydrogens is 168 g/mol. The number of allylic oxidation sites excluding steroid dienone is 3. The number of hydrogen-bond donors (Lipinski definition) is 0. The van der Waals surface area contributed by atoms with E-state index in [9.17, 15) is 0 Å². The van der Waals surface area contributed by atoms with Crippen LogP contribution in [0.1, 0.15) is 40.5 Å². The lowest BCUT2D eigenvalue weighted by molar-refractivity contribution is 0.676. The van der Waals surface area contributed by atoms with Crippen LogP contribution in [0.3, 0.4) is 0 Å². The molecule has 0 saturated heterocycles. The summed E-state index contributed by atoms with van der Waals surface area (Å²) in [4.78, 5) is 0. The number of hydrogen-bond acceptors (Lipinski definition) is 0. The molecule has 0 fully saturated rings. The third-order valence-electron chi connectivity index (χ3n) is 2.06. The first-order valence-electron chi connectivity index (χ1n) is 5.33. The minimum Gasteiger partial charge on any atom is -0.102 e. The average molecular weight is 190 g/mol. The Morgan fingerprint density at radius 2 is 1.93 bits per heavy atom. The van der Waals surface area contributed by atoms with Crippen LogP contribution in [0.15, 0.2) is 24.3 Å². The largest absolute Gasteiger partial charge is 0.102 e. The summed E-state index contributed by atoms with van der Waals surface area (Å²) in [5, 5.41) is 0. The van der Waals surface area contributed by atoms with Gasteiger partial charge in [-0.25, -0.2) is 0 Å². The van der Waals surface area contributed by atoms with Gasteiger partial charge in [0.15, 0.2) is 0 Å². The van der Waals surface area contributed by atoms with Crippen LogP contribution in [0, 0.1) is 23.7 Å². The van der Waals surface area contributed by atoms with Crippen LogP contribution in [0.5, 0.6) is 0 Å². The van der Waals surface area contributed by atoms with Gasteiger partial charge in [-0.2, -0.15) is 0 Å². The summed E-state index contributed by atoms with van der Waals surface area (Å²) < 4.78 is 0. The zero-order valence-electron chi connectivity index (χ0n) is 9.93. The lowest BCUT2D eigenvalue weighted by Crippen LogP contribution is -1.91. The highest BCUT2D eigenvalue weighted by Crippen LogP contribution is 2.07. The molecule has 14 heavy (non-hydrogen) atoms. The molecule has 0 aliphatic carbocycles. The molecule has 0 spiro atoms. The van der Waals surface area contributed by atoms with E-state index in [2.05, 4.69) is 52.2 Å². The molecule has 0 rings (SSSR count). The second-order valence-electron chi connectivity index (χ2n) is 4.07. The van der Waals surface area contributed by atoms with Gasteiger partial charge in [-0.1, -0.05) is 36.5 Å². The van der Waals surface area contributed by atoms with Crippen molar-refractivity contribution in [1.82, 2.24) is 0 Å². The summed E-state index contributed by atoms with van der Waals surface area (Å²) >= 11 is 0. The minimum absolute atomic E-state index is 0.320. The predicted molar refractivity (Wildman–Crippen MR) is 65.0 cm³/mol. The van der Waals surface area contributed by atoms with E-state index in [0.29, 0.717) is 11.8 Å². The molecule has 0 aromatic rings. The van der Waals surface area contributed by atoms with E-state index in [-0.39, 0.29) is 0 Å². The fourth-order valence-corrected chi connectivity index (χ4v) is 1.03. The van der Waals surface area contributed by atoms with Crippen molar-refractivity contribution in [2.24, 2.45) is 11.8 Å². The van der Waals surface area contributed by atoms with Crippen LogP contribution in [0.25, 0.3) is 0 Å². The summed E-state index contributed by atoms with van der Waals surface area (Å²) in [6.07, 6.45) is 6.45. The Hall–Kier alpha value is -0.960. The third kappa shape index (κ3) is 7.68. The molecule has 0 N–H and O–H groups in total. The first-order chi connectivity index (χ1) is 6.56. The molecule has 0 aromatic carbocycles. The fraction of sp³-hybridized carbons (Fsp3) is 0.571. The Bertz CT molecular complexity index is 243. The van der Waals surface area contributed by atoms with Gasteiger partial charge in [0, 0.05) is 11.8 Å². The molecule has 0 saturated carbocycles. The molecule has 0 nitrogen and oxygen atoms in total. The molecule has 0 radical (unpaired) electrons. The minimum atomic E-state index is 0.320. The monoisotopic (exact) mass is 190 g/mol. The van der Waals surface area contributed by atoms with Crippen molar-refractivity contribution in [2.45, 2.75) is 40.5 Å². The molecule has 0 amide bonds. The molecule has 0 heteroatoms. The second-order valence-corrected chi connectivity index (χ2v) is 4.07. The zero-order valence-corrected chi connectivity index (χ0v) is 9.93. The van der Waals surface area contributed by atoms with Crippen molar-refractivity contribution in [1.29, 1.82) is 0 Å². The van der Waals surface area contributed by atoms with E-state index in [4.69, 9.17) is 0 Å². The summed E-state index contributed by atoms with van der Waals surface area (Å²) in [6, 6.07) is 0. The van der Waals surface area contributed by atoms with Crippen LogP contribution in [0.2, 0.25) is 0 Å². The molecular formula is C14H22. The quantitative estimate of drug-likeness (QED) is 0.460. The maximum absolute atomic E-state index is 3.71. The normalized spacial score (nSPS) is 13.4. The van der Waals surface area contributed by atoms with Gasteiger partial charge in [0.2, 0.25) is 0 Å². The van der Waals surface area contributed by atoms with Crippen molar-refractivity contribution >= 4 is 0 Å². The van der Waals surface area contributed by atoms with Crippen LogP contribution in [0.4, 0.5) is 0 Å². The predicted octanol–water partition coefficient (Wildman–Crippen LogP) is 4.19. The summed E-state index contributed by atoms with van der Waals surface area (Å²) in [5.74, 6) is 7.25. The van der Waals surface area contributed by atoms with Crippen LogP contribution in [-0.2, 0) is 0 Å². The summed E-state index contributed by atoms with van der Waals surface area (Å²) in [5.41, 5.74) is 1.39. The molecule has 0 aliphatic rings. The van der Waals surface area contributed by atoms with Crippen molar-refractivity contribution in [3.63, 3.8) is 0 Å². The molecule has 0 heterocycles. The van der Waals surface area contributed by atoms with Gasteiger partial charge in [-0.15, -0.1) is 6.58 Å². The Labute approximate surface area is 89.1 Å². The maximum atomic E-state index is 3.71. The molecule has 2 atom stereocenters. The van der Waals surface area contributed by atoms with Gasteiger partial charge >= 0.3 is 0 Å². The maximum Gasteiger partial charge on any atom is 0.0351 e. The van der Waals surface area contributed by atoms with Gasteiger partial charge in [0.05, 0.1) is 0 Å². The van der Waals surface area contributed by atoms with Gasteiger partial charge in [-0.05, 0) is 33.6 Å². The average Bonchev–Trinajstić information content (AvgIpc) is 2.13. The summed E-state index contributed by atoms with van der Waals surface area (Å²) in [7, 11) is 0. The van der Waals surface area contributed by atoms with E-state index in [1.54, 1.807) is 0 Å². The lowest BCUT2D eigenvalue weighted by Gasteiger charge is -2.01. The van der Waals surface area contributed by atoms with E-state index in [0.717, 1.165) is 12.8 Å². The van der Waals surface area contributed by atoms with Gasteiger partial charge < -0.3 is 0 Å². The van der Waals surface area contributed by atoms with Gasteiger partial charge in [0.25, 0.3) is 0 Å². The standard InChI is InChI=1S/C14H22/c1-6-13(4)10-11-14(5)9-7-8-12(2)3/h6,8,13-14H,1,7,9H2,2-5H3.